The molecule has 0 bridgehead atoms. The number of carbonyl (C=O) groups excluding carboxylic acids is 1. The van der Waals surface area contributed by atoms with Crippen LogP contribution in [0.2, 0.25) is 0 Å². The standard InChI is InChI=1S/C10H16N2O/c1-3-8(4-2)12-10(13)7-11-9-5-6-9/h1,8-9,11H,4-7H2,2H3,(H,12,13). The van der Waals surface area contributed by atoms with Crippen LogP contribution >= 0.6 is 0 Å². The fourth-order valence-corrected chi connectivity index (χ4v) is 1.03. The van der Waals surface area contributed by atoms with E-state index >= 15 is 0 Å². The predicted molar refractivity (Wildman–Crippen MR) is 52.1 cm³/mol. The van der Waals surface area contributed by atoms with E-state index in [0.29, 0.717) is 12.6 Å². The minimum Gasteiger partial charge on any atom is -0.341 e. The van der Waals surface area contributed by atoms with Crippen LogP contribution in [-0.2, 0) is 4.79 Å². The summed E-state index contributed by atoms with van der Waals surface area (Å²) in [7, 11) is 0. The molecule has 1 amide bonds. The van der Waals surface area contributed by atoms with Crippen molar-refractivity contribution < 1.29 is 4.79 Å². The van der Waals surface area contributed by atoms with Crippen LogP contribution in [0.3, 0.4) is 0 Å². The van der Waals surface area contributed by atoms with E-state index in [0.717, 1.165) is 6.42 Å². The van der Waals surface area contributed by atoms with Gasteiger partial charge in [0.1, 0.15) is 0 Å². The molecular weight excluding hydrogens is 164 g/mol. The molecule has 0 heterocycles. The minimum absolute atomic E-state index is 0.00306. The highest BCUT2D eigenvalue weighted by Gasteiger charge is 2.21. The lowest BCUT2D eigenvalue weighted by Crippen LogP contribution is -2.40. The van der Waals surface area contributed by atoms with Gasteiger partial charge in [-0.05, 0) is 19.3 Å². The van der Waals surface area contributed by atoms with E-state index in [1.165, 1.54) is 12.8 Å². The summed E-state index contributed by atoms with van der Waals surface area (Å²) in [4.78, 5) is 11.2. The molecule has 1 fully saturated rings. The topological polar surface area (TPSA) is 41.1 Å². The average molecular weight is 180 g/mol. The van der Waals surface area contributed by atoms with E-state index in [4.69, 9.17) is 6.42 Å². The highest BCUT2D eigenvalue weighted by Crippen LogP contribution is 2.17. The molecule has 1 saturated carbocycles. The molecule has 0 aromatic heterocycles. The maximum absolute atomic E-state index is 11.2. The molecule has 1 rings (SSSR count). The average Bonchev–Trinajstić information content (AvgIpc) is 2.94. The Labute approximate surface area is 79.3 Å². The Balaban J connectivity index is 2.11. The first-order chi connectivity index (χ1) is 6.26. The summed E-state index contributed by atoms with van der Waals surface area (Å²) in [6.45, 7) is 2.35. The third kappa shape index (κ3) is 3.95. The van der Waals surface area contributed by atoms with Gasteiger partial charge in [0.2, 0.25) is 5.91 Å². The molecule has 13 heavy (non-hydrogen) atoms. The zero-order valence-corrected chi connectivity index (χ0v) is 7.97. The van der Waals surface area contributed by atoms with Gasteiger partial charge in [-0.1, -0.05) is 12.8 Å². The Bertz CT molecular complexity index is 215. The summed E-state index contributed by atoms with van der Waals surface area (Å²) < 4.78 is 0. The second-order valence-electron chi connectivity index (χ2n) is 3.35. The third-order valence-electron chi connectivity index (χ3n) is 2.07. The molecule has 2 N–H and O–H groups in total. The fourth-order valence-electron chi connectivity index (χ4n) is 1.03. The van der Waals surface area contributed by atoms with Gasteiger partial charge < -0.3 is 10.6 Å². The third-order valence-corrected chi connectivity index (χ3v) is 2.07. The van der Waals surface area contributed by atoms with Crippen molar-refractivity contribution in [1.82, 2.24) is 10.6 Å². The van der Waals surface area contributed by atoms with Crippen LogP contribution < -0.4 is 10.6 Å². The normalized spacial score (nSPS) is 17.5. The van der Waals surface area contributed by atoms with E-state index in [1.54, 1.807) is 0 Å². The Morgan fingerprint density at radius 3 is 2.85 bits per heavy atom. The van der Waals surface area contributed by atoms with Crippen LogP contribution in [0, 0.1) is 12.3 Å². The van der Waals surface area contributed by atoms with E-state index in [9.17, 15) is 4.79 Å². The van der Waals surface area contributed by atoms with E-state index < -0.39 is 0 Å². The van der Waals surface area contributed by atoms with Crippen molar-refractivity contribution in [3.63, 3.8) is 0 Å². The first-order valence-corrected chi connectivity index (χ1v) is 4.75. The zero-order valence-electron chi connectivity index (χ0n) is 7.97. The first-order valence-electron chi connectivity index (χ1n) is 4.75. The summed E-state index contributed by atoms with van der Waals surface area (Å²) in [6, 6.07) is 0.449. The minimum atomic E-state index is -0.117. The molecule has 3 heteroatoms. The second-order valence-corrected chi connectivity index (χ2v) is 3.35. The van der Waals surface area contributed by atoms with Crippen LogP contribution in [0.15, 0.2) is 0 Å². The Hall–Kier alpha value is -1.01. The largest absolute Gasteiger partial charge is 0.341 e. The molecule has 0 saturated heterocycles. The first kappa shape index (κ1) is 10.1. The maximum Gasteiger partial charge on any atom is 0.234 e. The molecular formula is C10H16N2O. The molecule has 1 unspecified atom stereocenters. The number of rotatable bonds is 5. The number of nitrogens with one attached hydrogen (secondary N) is 2. The lowest BCUT2D eigenvalue weighted by atomic mass is 10.2. The van der Waals surface area contributed by atoms with Crippen LogP contribution in [0.1, 0.15) is 26.2 Å². The number of terminal acetylenes is 1. The SMILES string of the molecule is C#CC(CC)NC(=O)CNC1CC1. The Kier molecular flexibility index (Phi) is 3.78. The van der Waals surface area contributed by atoms with Gasteiger partial charge in [0.15, 0.2) is 0 Å². The van der Waals surface area contributed by atoms with Crippen molar-refractivity contribution in [3.05, 3.63) is 0 Å². The number of amides is 1. The Morgan fingerprint density at radius 2 is 2.38 bits per heavy atom. The van der Waals surface area contributed by atoms with E-state index in [2.05, 4.69) is 16.6 Å². The second kappa shape index (κ2) is 4.88. The molecule has 0 aromatic rings. The summed E-state index contributed by atoms with van der Waals surface area (Å²) in [5, 5.41) is 5.89. The monoisotopic (exact) mass is 180 g/mol. The number of hydrogen-bond donors (Lipinski definition) is 2. The van der Waals surface area contributed by atoms with Crippen LogP contribution in [0.25, 0.3) is 0 Å². The summed E-state index contributed by atoms with van der Waals surface area (Å²) in [5.74, 6) is 2.52. The summed E-state index contributed by atoms with van der Waals surface area (Å²) in [6.07, 6.45) is 8.39. The molecule has 0 spiro atoms. The van der Waals surface area contributed by atoms with Gasteiger partial charge in [-0.25, -0.2) is 0 Å². The van der Waals surface area contributed by atoms with E-state index in [1.807, 2.05) is 6.92 Å². The van der Waals surface area contributed by atoms with Crippen molar-refractivity contribution in [2.24, 2.45) is 0 Å². The van der Waals surface area contributed by atoms with E-state index in [-0.39, 0.29) is 11.9 Å². The number of carbonyl (C=O) groups is 1. The van der Waals surface area contributed by atoms with Crippen molar-refractivity contribution in [1.29, 1.82) is 0 Å². The molecule has 72 valence electrons. The van der Waals surface area contributed by atoms with Gasteiger partial charge in [0.25, 0.3) is 0 Å². The fraction of sp³-hybridized carbons (Fsp3) is 0.700. The van der Waals surface area contributed by atoms with Crippen molar-refractivity contribution in [2.75, 3.05) is 6.54 Å². The Morgan fingerprint density at radius 1 is 1.69 bits per heavy atom. The van der Waals surface area contributed by atoms with Gasteiger partial charge in [-0.15, -0.1) is 6.42 Å². The van der Waals surface area contributed by atoms with Gasteiger partial charge in [-0.3, -0.25) is 4.79 Å². The highest BCUT2D eigenvalue weighted by molar-refractivity contribution is 5.78. The lowest BCUT2D eigenvalue weighted by Gasteiger charge is -2.10. The zero-order chi connectivity index (χ0) is 9.68. The molecule has 1 aliphatic carbocycles. The van der Waals surface area contributed by atoms with Crippen LogP contribution in [0.5, 0.6) is 0 Å². The summed E-state index contributed by atoms with van der Waals surface area (Å²) >= 11 is 0. The molecule has 0 aromatic carbocycles. The van der Waals surface area contributed by atoms with Gasteiger partial charge in [0.05, 0.1) is 12.6 Å². The number of hydrogen-bond acceptors (Lipinski definition) is 2. The maximum atomic E-state index is 11.2. The van der Waals surface area contributed by atoms with Crippen molar-refractivity contribution >= 4 is 5.91 Å². The van der Waals surface area contributed by atoms with Gasteiger partial charge in [-0.2, -0.15) is 0 Å². The van der Waals surface area contributed by atoms with Crippen LogP contribution in [-0.4, -0.2) is 24.5 Å². The lowest BCUT2D eigenvalue weighted by molar-refractivity contribution is -0.120. The van der Waals surface area contributed by atoms with Crippen molar-refractivity contribution in [3.8, 4) is 12.3 Å². The quantitative estimate of drug-likeness (QED) is 0.596. The molecule has 1 atom stereocenters. The summed E-state index contributed by atoms with van der Waals surface area (Å²) in [5.41, 5.74) is 0. The van der Waals surface area contributed by atoms with Gasteiger partial charge >= 0.3 is 0 Å². The van der Waals surface area contributed by atoms with Crippen molar-refractivity contribution in [2.45, 2.75) is 38.3 Å². The predicted octanol–water partition coefficient (Wildman–Crippen LogP) is 0.266. The molecule has 0 radical (unpaired) electrons. The van der Waals surface area contributed by atoms with Crippen LogP contribution in [0.4, 0.5) is 0 Å². The molecule has 1 aliphatic rings. The highest BCUT2D eigenvalue weighted by atomic mass is 16.1. The molecule has 3 nitrogen and oxygen atoms in total. The van der Waals surface area contributed by atoms with Gasteiger partial charge in [0, 0.05) is 6.04 Å². The molecule has 0 aliphatic heterocycles. The smallest absolute Gasteiger partial charge is 0.234 e.